The maximum Gasteiger partial charge on any atom is 0.471 e. The van der Waals surface area contributed by atoms with Gasteiger partial charge in [-0.05, 0) is 41.7 Å². The van der Waals surface area contributed by atoms with Gasteiger partial charge in [0, 0.05) is 25.2 Å². The number of nitrogens with one attached hydrogen (secondary N) is 2. The standard InChI is InChI=1S/C22H23F3N4O2/c1-13-5-6-14(11-28-21(31)22(23,24)25)10-18(13)17-7-8-29(20(17)30)12-15-3-2-4-16(9-15)19(26)27/h2-6,9-10,17H,7-8,11-12H2,1H3,(H3,26,27)(H,28,31)/t17-/m0/s1. The van der Waals surface area contributed by atoms with Crippen molar-refractivity contribution in [1.29, 1.82) is 5.41 Å². The van der Waals surface area contributed by atoms with Crippen molar-refractivity contribution in [3.8, 4) is 0 Å². The number of nitrogen functional groups attached to an aromatic ring is 1. The average Bonchev–Trinajstić information content (AvgIpc) is 3.06. The largest absolute Gasteiger partial charge is 0.471 e. The summed E-state index contributed by atoms with van der Waals surface area (Å²) in [5.74, 6) is -2.50. The van der Waals surface area contributed by atoms with Crippen LogP contribution in [-0.4, -0.2) is 35.3 Å². The Labute approximate surface area is 177 Å². The molecule has 3 rings (SSSR count). The molecule has 9 heteroatoms. The molecule has 0 radical (unpaired) electrons. The van der Waals surface area contributed by atoms with Crippen molar-refractivity contribution in [1.82, 2.24) is 10.2 Å². The zero-order chi connectivity index (χ0) is 22.8. The predicted molar refractivity (Wildman–Crippen MR) is 109 cm³/mol. The number of amidine groups is 1. The Bertz CT molecular complexity index is 1020. The number of likely N-dealkylation sites (tertiary alicyclic amines) is 1. The van der Waals surface area contributed by atoms with E-state index < -0.39 is 18.0 Å². The van der Waals surface area contributed by atoms with Gasteiger partial charge in [-0.15, -0.1) is 0 Å². The number of aryl methyl sites for hydroxylation is 1. The van der Waals surface area contributed by atoms with Crippen molar-refractivity contribution in [2.24, 2.45) is 5.73 Å². The molecule has 4 N–H and O–H groups in total. The van der Waals surface area contributed by atoms with Crippen molar-refractivity contribution >= 4 is 17.6 Å². The van der Waals surface area contributed by atoms with Gasteiger partial charge in [0.2, 0.25) is 5.91 Å². The van der Waals surface area contributed by atoms with Crippen molar-refractivity contribution in [3.63, 3.8) is 0 Å². The van der Waals surface area contributed by atoms with Gasteiger partial charge < -0.3 is 16.0 Å². The minimum absolute atomic E-state index is 0.0440. The molecule has 0 unspecified atom stereocenters. The minimum Gasteiger partial charge on any atom is -0.384 e. The molecule has 1 aliphatic heterocycles. The first kappa shape index (κ1) is 22.3. The Morgan fingerprint density at radius 3 is 2.65 bits per heavy atom. The van der Waals surface area contributed by atoms with Crippen LogP contribution in [0.5, 0.6) is 0 Å². The van der Waals surface area contributed by atoms with E-state index in [0.29, 0.717) is 30.6 Å². The summed E-state index contributed by atoms with van der Waals surface area (Å²) in [7, 11) is 0. The number of halogens is 3. The monoisotopic (exact) mass is 432 g/mol. The molecule has 2 aromatic rings. The highest BCUT2D eigenvalue weighted by molar-refractivity contribution is 5.95. The smallest absolute Gasteiger partial charge is 0.384 e. The molecule has 0 aliphatic carbocycles. The topological polar surface area (TPSA) is 99.3 Å². The Balaban J connectivity index is 1.72. The Morgan fingerprint density at radius 1 is 1.23 bits per heavy atom. The van der Waals surface area contributed by atoms with Crippen LogP contribution in [-0.2, 0) is 22.7 Å². The number of carbonyl (C=O) groups excluding carboxylic acids is 2. The third-order valence-corrected chi connectivity index (χ3v) is 5.34. The number of rotatable bonds is 6. The van der Waals surface area contributed by atoms with E-state index in [2.05, 4.69) is 0 Å². The molecule has 0 bridgehead atoms. The van der Waals surface area contributed by atoms with Crippen LogP contribution >= 0.6 is 0 Å². The van der Waals surface area contributed by atoms with Gasteiger partial charge in [-0.3, -0.25) is 15.0 Å². The van der Waals surface area contributed by atoms with Crippen LogP contribution in [0.2, 0.25) is 0 Å². The summed E-state index contributed by atoms with van der Waals surface area (Å²) in [6.45, 7) is 2.51. The van der Waals surface area contributed by atoms with Crippen LogP contribution < -0.4 is 11.1 Å². The molecule has 164 valence electrons. The molecule has 0 saturated carbocycles. The Hall–Kier alpha value is -3.36. The lowest BCUT2D eigenvalue weighted by molar-refractivity contribution is -0.173. The highest BCUT2D eigenvalue weighted by Gasteiger charge is 2.38. The van der Waals surface area contributed by atoms with Gasteiger partial charge in [0.25, 0.3) is 0 Å². The number of hydrogen-bond acceptors (Lipinski definition) is 3. The third-order valence-electron chi connectivity index (χ3n) is 5.34. The average molecular weight is 432 g/mol. The fourth-order valence-corrected chi connectivity index (χ4v) is 3.70. The van der Waals surface area contributed by atoms with Gasteiger partial charge in [0.05, 0.1) is 5.92 Å². The zero-order valence-corrected chi connectivity index (χ0v) is 16.9. The Kier molecular flexibility index (Phi) is 6.33. The molecule has 0 aromatic heterocycles. The van der Waals surface area contributed by atoms with Gasteiger partial charge >= 0.3 is 12.1 Å². The van der Waals surface area contributed by atoms with Crippen molar-refractivity contribution in [2.45, 2.75) is 38.5 Å². The third kappa shape index (κ3) is 5.22. The number of hydrogen-bond donors (Lipinski definition) is 3. The molecule has 2 aromatic carbocycles. The lowest BCUT2D eigenvalue weighted by Gasteiger charge is -2.19. The molecule has 1 aliphatic rings. The molecule has 1 fully saturated rings. The van der Waals surface area contributed by atoms with E-state index in [1.165, 1.54) is 0 Å². The van der Waals surface area contributed by atoms with Gasteiger partial charge in [-0.2, -0.15) is 13.2 Å². The molecule has 31 heavy (non-hydrogen) atoms. The van der Waals surface area contributed by atoms with Crippen LogP contribution in [0.3, 0.4) is 0 Å². The second kappa shape index (κ2) is 8.79. The van der Waals surface area contributed by atoms with Crippen molar-refractivity contribution in [2.75, 3.05) is 6.54 Å². The SMILES string of the molecule is Cc1ccc(CNC(=O)C(F)(F)F)cc1[C@@H]1CCN(Cc2cccc(C(=N)N)c2)C1=O. The maximum absolute atomic E-state index is 13.0. The summed E-state index contributed by atoms with van der Waals surface area (Å²) in [5, 5.41) is 9.40. The second-order valence-electron chi connectivity index (χ2n) is 7.59. The first-order chi connectivity index (χ1) is 14.6. The van der Waals surface area contributed by atoms with Crippen LogP contribution in [0.4, 0.5) is 13.2 Å². The van der Waals surface area contributed by atoms with Crippen LogP contribution in [0.25, 0.3) is 0 Å². The fraction of sp³-hybridized carbons (Fsp3) is 0.318. The van der Waals surface area contributed by atoms with Crippen molar-refractivity contribution < 1.29 is 22.8 Å². The zero-order valence-electron chi connectivity index (χ0n) is 16.9. The van der Waals surface area contributed by atoms with Crippen molar-refractivity contribution in [3.05, 3.63) is 70.3 Å². The summed E-state index contributed by atoms with van der Waals surface area (Å²) in [4.78, 5) is 25.8. The van der Waals surface area contributed by atoms with E-state index >= 15 is 0 Å². The van der Waals surface area contributed by atoms with Gasteiger partial charge in [-0.1, -0.05) is 36.4 Å². The summed E-state index contributed by atoms with van der Waals surface area (Å²) in [6.07, 6.45) is -4.35. The maximum atomic E-state index is 13.0. The van der Waals surface area contributed by atoms with E-state index in [0.717, 1.165) is 16.7 Å². The predicted octanol–water partition coefficient (Wildman–Crippen LogP) is 2.97. The number of alkyl halides is 3. The molecule has 2 amide bonds. The summed E-state index contributed by atoms with van der Waals surface area (Å²) < 4.78 is 37.2. The van der Waals surface area contributed by atoms with E-state index in [1.807, 2.05) is 18.3 Å². The normalized spacial score (nSPS) is 16.5. The molecule has 0 spiro atoms. The van der Waals surface area contributed by atoms with Crippen LogP contribution in [0.15, 0.2) is 42.5 Å². The molecule has 1 heterocycles. The number of nitrogens with two attached hydrogens (primary N) is 1. The second-order valence-corrected chi connectivity index (χ2v) is 7.59. The van der Waals surface area contributed by atoms with Crippen LogP contribution in [0, 0.1) is 12.3 Å². The molecular weight excluding hydrogens is 409 g/mol. The van der Waals surface area contributed by atoms with E-state index in [1.54, 1.807) is 41.3 Å². The van der Waals surface area contributed by atoms with Gasteiger partial charge in [0.1, 0.15) is 5.84 Å². The lowest BCUT2D eigenvalue weighted by atomic mass is 9.92. The minimum atomic E-state index is -4.94. The first-order valence-electron chi connectivity index (χ1n) is 9.73. The molecule has 1 atom stereocenters. The van der Waals surface area contributed by atoms with E-state index in [-0.39, 0.29) is 18.3 Å². The number of nitrogens with zero attached hydrogens (tertiary/aromatic N) is 1. The Morgan fingerprint density at radius 2 is 1.97 bits per heavy atom. The molecule has 1 saturated heterocycles. The van der Waals surface area contributed by atoms with Gasteiger partial charge in [-0.25, -0.2) is 0 Å². The highest BCUT2D eigenvalue weighted by atomic mass is 19.4. The molecular formula is C22H23F3N4O2. The highest BCUT2D eigenvalue weighted by Crippen LogP contribution is 2.32. The number of amides is 2. The molecule has 6 nitrogen and oxygen atoms in total. The lowest BCUT2D eigenvalue weighted by Crippen LogP contribution is -2.36. The first-order valence-corrected chi connectivity index (χ1v) is 9.73. The summed E-state index contributed by atoms with van der Waals surface area (Å²) in [5.41, 5.74) is 9.10. The fourth-order valence-electron chi connectivity index (χ4n) is 3.70. The number of carbonyl (C=O) groups is 2. The summed E-state index contributed by atoms with van der Waals surface area (Å²) in [6, 6.07) is 12.2. The summed E-state index contributed by atoms with van der Waals surface area (Å²) >= 11 is 0. The van der Waals surface area contributed by atoms with Crippen LogP contribution in [0.1, 0.15) is 40.2 Å². The number of benzene rings is 2. The van der Waals surface area contributed by atoms with E-state index in [4.69, 9.17) is 11.1 Å². The van der Waals surface area contributed by atoms with Gasteiger partial charge in [0.15, 0.2) is 0 Å². The van der Waals surface area contributed by atoms with E-state index in [9.17, 15) is 22.8 Å². The quantitative estimate of drug-likeness (QED) is 0.483.